The van der Waals surface area contributed by atoms with Crippen LogP contribution in [0.5, 0.6) is 5.75 Å². The number of nitrogens with zero attached hydrogens (tertiary/aromatic N) is 2. The summed E-state index contributed by atoms with van der Waals surface area (Å²) in [4.78, 5) is 13.5. The van der Waals surface area contributed by atoms with Crippen LogP contribution in [0.4, 0.5) is 5.69 Å². The second kappa shape index (κ2) is 6.03. The standard InChI is InChI=1S/C14H20N2O4S/c1-4-16(5-2)21(18,19)11-6-7-13-12(10-11)15(3)14(17)8-9-20-13/h6-7,10H,4-5,8-9H2,1-3H3. The van der Waals surface area contributed by atoms with Crippen LogP contribution in [0, 0.1) is 0 Å². The molecule has 1 heterocycles. The zero-order chi connectivity index (χ0) is 15.6. The lowest BCUT2D eigenvalue weighted by atomic mass is 10.2. The van der Waals surface area contributed by atoms with Crippen molar-refractivity contribution >= 4 is 21.6 Å². The topological polar surface area (TPSA) is 66.9 Å². The van der Waals surface area contributed by atoms with Gasteiger partial charge in [0.2, 0.25) is 15.9 Å². The van der Waals surface area contributed by atoms with Gasteiger partial charge in [-0.1, -0.05) is 13.8 Å². The summed E-state index contributed by atoms with van der Waals surface area (Å²) in [5.41, 5.74) is 0.491. The first-order valence-electron chi connectivity index (χ1n) is 6.95. The summed E-state index contributed by atoms with van der Waals surface area (Å²) in [5, 5.41) is 0. The summed E-state index contributed by atoms with van der Waals surface area (Å²) in [6.45, 7) is 4.70. The van der Waals surface area contributed by atoms with E-state index in [1.54, 1.807) is 27.0 Å². The van der Waals surface area contributed by atoms with E-state index in [1.807, 2.05) is 0 Å². The van der Waals surface area contributed by atoms with E-state index in [0.29, 0.717) is 31.1 Å². The van der Waals surface area contributed by atoms with Crippen LogP contribution < -0.4 is 9.64 Å². The van der Waals surface area contributed by atoms with Gasteiger partial charge in [-0.15, -0.1) is 0 Å². The minimum Gasteiger partial charge on any atom is -0.491 e. The molecule has 7 heteroatoms. The van der Waals surface area contributed by atoms with Gasteiger partial charge >= 0.3 is 0 Å². The lowest BCUT2D eigenvalue weighted by molar-refractivity contribution is -0.118. The summed E-state index contributed by atoms with van der Waals surface area (Å²) in [6, 6.07) is 4.64. The number of sulfonamides is 1. The minimum absolute atomic E-state index is 0.0915. The van der Waals surface area contributed by atoms with Gasteiger partial charge in [0, 0.05) is 20.1 Å². The van der Waals surface area contributed by atoms with Crippen molar-refractivity contribution in [1.29, 1.82) is 0 Å². The molecule has 21 heavy (non-hydrogen) atoms. The van der Waals surface area contributed by atoms with Gasteiger partial charge in [0.15, 0.2) is 0 Å². The Bertz CT molecular complexity index is 638. The predicted octanol–water partition coefficient (Wildman–Crippen LogP) is 1.46. The van der Waals surface area contributed by atoms with E-state index in [2.05, 4.69) is 0 Å². The third kappa shape index (κ3) is 2.89. The molecule has 0 radical (unpaired) electrons. The van der Waals surface area contributed by atoms with Gasteiger partial charge in [-0.05, 0) is 18.2 Å². The van der Waals surface area contributed by atoms with E-state index < -0.39 is 10.0 Å². The van der Waals surface area contributed by atoms with Crippen LogP contribution in [0.2, 0.25) is 0 Å². The Labute approximate surface area is 125 Å². The third-order valence-corrected chi connectivity index (χ3v) is 5.63. The average molecular weight is 312 g/mol. The SMILES string of the molecule is CCN(CC)S(=O)(=O)c1ccc2c(c1)N(C)C(=O)CCO2. The summed E-state index contributed by atoms with van der Waals surface area (Å²) in [7, 11) is -1.92. The van der Waals surface area contributed by atoms with Gasteiger partial charge in [-0.2, -0.15) is 4.31 Å². The first kappa shape index (κ1) is 15.8. The number of amides is 1. The molecule has 1 aromatic carbocycles. The smallest absolute Gasteiger partial charge is 0.243 e. The predicted molar refractivity (Wildman–Crippen MR) is 80.1 cm³/mol. The summed E-state index contributed by atoms with van der Waals surface area (Å²) >= 11 is 0. The maximum absolute atomic E-state index is 12.5. The zero-order valence-electron chi connectivity index (χ0n) is 12.5. The summed E-state index contributed by atoms with van der Waals surface area (Å²) < 4.78 is 32.0. The van der Waals surface area contributed by atoms with E-state index in [0.717, 1.165) is 0 Å². The molecule has 116 valence electrons. The van der Waals surface area contributed by atoms with E-state index in [4.69, 9.17) is 4.74 Å². The van der Waals surface area contributed by atoms with Gasteiger partial charge in [0.25, 0.3) is 0 Å². The molecule has 0 fully saturated rings. The maximum atomic E-state index is 12.5. The fraction of sp³-hybridized carbons (Fsp3) is 0.500. The molecule has 1 aliphatic heterocycles. The molecule has 0 saturated heterocycles. The number of ether oxygens (including phenoxy) is 1. The number of anilines is 1. The van der Waals surface area contributed by atoms with Crippen LogP contribution in [-0.4, -0.2) is 45.4 Å². The molecule has 0 N–H and O–H groups in total. The molecule has 0 spiro atoms. The monoisotopic (exact) mass is 312 g/mol. The van der Waals surface area contributed by atoms with Crippen molar-refractivity contribution in [2.24, 2.45) is 0 Å². The summed E-state index contributed by atoms with van der Waals surface area (Å²) in [6.07, 6.45) is 0.281. The van der Waals surface area contributed by atoms with Gasteiger partial charge in [0.05, 0.1) is 23.6 Å². The molecular weight excluding hydrogens is 292 g/mol. The Balaban J connectivity index is 2.50. The molecular formula is C14H20N2O4S. The highest BCUT2D eigenvalue weighted by Gasteiger charge is 2.26. The number of carbonyl (C=O) groups excluding carboxylic acids is 1. The summed E-state index contributed by atoms with van der Waals surface area (Å²) in [5.74, 6) is 0.438. The van der Waals surface area contributed by atoms with Crippen molar-refractivity contribution < 1.29 is 17.9 Å². The van der Waals surface area contributed by atoms with Gasteiger partial charge in [-0.3, -0.25) is 4.79 Å². The molecule has 0 bridgehead atoms. The first-order chi connectivity index (χ1) is 9.91. The quantitative estimate of drug-likeness (QED) is 0.844. The minimum atomic E-state index is -3.55. The van der Waals surface area contributed by atoms with E-state index in [1.165, 1.54) is 21.3 Å². The van der Waals surface area contributed by atoms with E-state index in [-0.39, 0.29) is 17.2 Å². The van der Waals surface area contributed by atoms with Crippen molar-refractivity contribution in [2.45, 2.75) is 25.2 Å². The molecule has 1 aromatic rings. The van der Waals surface area contributed by atoms with Crippen molar-refractivity contribution in [3.63, 3.8) is 0 Å². The van der Waals surface area contributed by atoms with Crippen LogP contribution in [0.3, 0.4) is 0 Å². The lowest BCUT2D eigenvalue weighted by Crippen LogP contribution is -2.31. The lowest BCUT2D eigenvalue weighted by Gasteiger charge is -2.21. The number of hydrogen-bond acceptors (Lipinski definition) is 4. The Hall–Kier alpha value is -1.60. The first-order valence-corrected chi connectivity index (χ1v) is 8.39. The second-order valence-corrected chi connectivity index (χ2v) is 6.71. The number of rotatable bonds is 4. The van der Waals surface area contributed by atoms with Crippen molar-refractivity contribution in [1.82, 2.24) is 4.31 Å². The van der Waals surface area contributed by atoms with E-state index >= 15 is 0 Å². The van der Waals surface area contributed by atoms with Crippen molar-refractivity contribution in [3.05, 3.63) is 18.2 Å². The fourth-order valence-electron chi connectivity index (χ4n) is 2.30. The van der Waals surface area contributed by atoms with Gasteiger partial charge in [-0.25, -0.2) is 8.42 Å². The van der Waals surface area contributed by atoms with E-state index in [9.17, 15) is 13.2 Å². The van der Waals surface area contributed by atoms with Crippen LogP contribution >= 0.6 is 0 Å². The second-order valence-electron chi connectivity index (χ2n) is 4.77. The number of hydrogen-bond donors (Lipinski definition) is 0. The fourth-order valence-corrected chi connectivity index (χ4v) is 3.78. The molecule has 1 aliphatic rings. The van der Waals surface area contributed by atoms with Gasteiger partial charge in [0.1, 0.15) is 5.75 Å². The molecule has 0 atom stereocenters. The molecule has 0 aliphatic carbocycles. The molecule has 1 amide bonds. The highest BCUT2D eigenvalue weighted by atomic mass is 32.2. The number of carbonyl (C=O) groups is 1. The van der Waals surface area contributed by atoms with Crippen LogP contribution in [0.25, 0.3) is 0 Å². The number of fused-ring (bicyclic) bond motifs is 1. The zero-order valence-corrected chi connectivity index (χ0v) is 13.3. The molecule has 6 nitrogen and oxygen atoms in total. The Morgan fingerprint density at radius 1 is 1.29 bits per heavy atom. The average Bonchev–Trinajstić information content (AvgIpc) is 2.60. The number of benzene rings is 1. The van der Waals surface area contributed by atoms with Crippen molar-refractivity contribution in [3.8, 4) is 5.75 Å². The van der Waals surface area contributed by atoms with Gasteiger partial charge < -0.3 is 9.64 Å². The largest absolute Gasteiger partial charge is 0.491 e. The highest BCUT2D eigenvalue weighted by Crippen LogP contribution is 2.33. The van der Waals surface area contributed by atoms with Crippen LogP contribution in [-0.2, 0) is 14.8 Å². The Morgan fingerprint density at radius 3 is 2.57 bits per heavy atom. The van der Waals surface area contributed by atoms with Crippen LogP contribution in [0.15, 0.2) is 23.1 Å². The third-order valence-electron chi connectivity index (χ3n) is 3.58. The maximum Gasteiger partial charge on any atom is 0.243 e. The normalized spacial score (nSPS) is 15.6. The Morgan fingerprint density at radius 2 is 1.95 bits per heavy atom. The molecule has 0 saturated carbocycles. The Kier molecular flexibility index (Phi) is 4.53. The highest BCUT2D eigenvalue weighted by molar-refractivity contribution is 7.89. The molecule has 0 aromatic heterocycles. The van der Waals surface area contributed by atoms with Crippen LogP contribution in [0.1, 0.15) is 20.3 Å². The molecule has 0 unspecified atom stereocenters. The molecule has 2 rings (SSSR count). The van der Waals surface area contributed by atoms with Crippen molar-refractivity contribution in [2.75, 3.05) is 31.6 Å².